The number of thiophene rings is 1. The minimum absolute atomic E-state index is 0.359. The summed E-state index contributed by atoms with van der Waals surface area (Å²) in [6.45, 7) is 0. The highest BCUT2D eigenvalue weighted by Gasteiger charge is 2.18. The first-order valence-corrected chi connectivity index (χ1v) is 6.26. The third kappa shape index (κ3) is 2.29. The summed E-state index contributed by atoms with van der Waals surface area (Å²) in [5.41, 5.74) is 6.26. The second-order valence-corrected chi connectivity index (χ2v) is 5.06. The first kappa shape index (κ1) is 11.3. The van der Waals surface area contributed by atoms with Gasteiger partial charge in [-0.25, -0.2) is 4.79 Å². The number of hydrogen-bond acceptors (Lipinski definition) is 5. The van der Waals surface area contributed by atoms with E-state index in [9.17, 15) is 4.79 Å². The predicted octanol–water partition coefficient (Wildman–Crippen LogP) is 2.47. The summed E-state index contributed by atoms with van der Waals surface area (Å²) in [5, 5.41) is 4.37. The number of hydrogen-bond donors (Lipinski definition) is 2. The maximum absolute atomic E-state index is 11.4. The number of nitrogens with two attached hydrogens (primary N) is 1. The van der Waals surface area contributed by atoms with E-state index >= 15 is 0 Å². The molecule has 0 radical (unpaired) electrons. The van der Waals surface area contributed by atoms with Gasteiger partial charge in [0.25, 0.3) is 0 Å². The lowest BCUT2D eigenvalue weighted by Gasteiger charge is -2.10. The summed E-state index contributed by atoms with van der Waals surface area (Å²) >= 11 is 1.37. The standard InChI is InChI=1S/C11H16N2O2S/c1-15-11(14)10-8(12)6-9(16-10)13-7-4-2-3-5-7/h6-7,13H,2-5,12H2,1H3. The molecule has 0 aromatic carbocycles. The van der Waals surface area contributed by atoms with Crippen molar-refractivity contribution in [3.8, 4) is 0 Å². The molecule has 88 valence electrons. The van der Waals surface area contributed by atoms with Gasteiger partial charge in [-0.3, -0.25) is 0 Å². The quantitative estimate of drug-likeness (QED) is 0.797. The molecule has 1 fully saturated rings. The first-order valence-electron chi connectivity index (χ1n) is 5.45. The third-order valence-corrected chi connectivity index (χ3v) is 3.90. The van der Waals surface area contributed by atoms with E-state index in [1.165, 1.54) is 44.1 Å². The summed E-state index contributed by atoms with van der Waals surface area (Å²) in [7, 11) is 1.37. The van der Waals surface area contributed by atoms with Crippen LogP contribution in [0.4, 0.5) is 10.7 Å². The van der Waals surface area contributed by atoms with Crippen LogP contribution in [0, 0.1) is 0 Å². The van der Waals surface area contributed by atoms with Crippen LogP contribution in [0.15, 0.2) is 6.07 Å². The zero-order chi connectivity index (χ0) is 11.5. The molecular weight excluding hydrogens is 224 g/mol. The third-order valence-electron chi connectivity index (χ3n) is 2.83. The summed E-state index contributed by atoms with van der Waals surface area (Å²) in [5.74, 6) is -0.359. The van der Waals surface area contributed by atoms with Crippen molar-refractivity contribution in [1.29, 1.82) is 0 Å². The van der Waals surface area contributed by atoms with Gasteiger partial charge >= 0.3 is 5.97 Å². The monoisotopic (exact) mass is 240 g/mol. The molecule has 0 saturated heterocycles. The van der Waals surface area contributed by atoms with Crippen LogP contribution in [-0.2, 0) is 4.74 Å². The van der Waals surface area contributed by atoms with Gasteiger partial charge in [0.05, 0.1) is 17.8 Å². The van der Waals surface area contributed by atoms with Gasteiger partial charge in [-0.15, -0.1) is 11.3 Å². The van der Waals surface area contributed by atoms with Gasteiger partial charge in [-0.05, 0) is 18.9 Å². The molecule has 2 rings (SSSR count). The molecule has 1 aliphatic carbocycles. The molecule has 1 aliphatic rings. The first-order chi connectivity index (χ1) is 7.70. The predicted molar refractivity (Wildman–Crippen MR) is 65.9 cm³/mol. The molecular formula is C11H16N2O2S. The van der Waals surface area contributed by atoms with Crippen LogP contribution >= 0.6 is 11.3 Å². The van der Waals surface area contributed by atoms with Crippen molar-refractivity contribution in [3.63, 3.8) is 0 Å². The minimum atomic E-state index is -0.359. The van der Waals surface area contributed by atoms with Crippen molar-refractivity contribution in [1.82, 2.24) is 0 Å². The van der Waals surface area contributed by atoms with Crippen molar-refractivity contribution in [2.24, 2.45) is 0 Å². The molecule has 4 nitrogen and oxygen atoms in total. The molecule has 1 aromatic rings. The Hall–Kier alpha value is -1.23. The largest absolute Gasteiger partial charge is 0.465 e. The van der Waals surface area contributed by atoms with Crippen molar-refractivity contribution < 1.29 is 9.53 Å². The topological polar surface area (TPSA) is 64.3 Å². The number of carbonyl (C=O) groups is 1. The van der Waals surface area contributed by atoms with E-state index < -0.39 is 0 Å². The Morgan fingerprint density at radius 2 is 2.25 bits per heavy atom. The van der Waals surface area contributed by atoms with Crippen LogP contribution in [0.5, 0.6) is 0 Å². The fraction of sp³-hybridized carbons (Fsp3) is 0.545. The highest BCUT2D eigenvalue weighted by Crippen LogP contribution is 2.32. The van der Waals surface area contributed by atoms with Crippen LogP contribution < -0.4 is 11.1 Å². The zero-order valence-corrected chi connectivity index (χ0v) is 10.1. The van der Waals surface area contributed by atoms with Crippen molar-refractivity contribution in [2.75, 3.05) is 18.2 Å². The molecule has 0 spiro atoms. The lowest BCUT2D eigenvalue weighted by atomic mass is 10.2. The average Bonchev–Trinajstić information content (AvgIpc) is 2.88. The summed E-state index contributed by atoms with van der Waals surface area (Å²) in [6, 6.07) is 2.35. The van der Waals surface area contributed by atoms with E-state index in [2.05, 4.69) is 10.1 Å². The van der Waals surface area contributed by atoms with Crippen LogP contribution in [0.1, 0.15) is 35.4 Å². The number of rotatable bonds is 3. The van der Waals surface area contributed by atoms with Crippen LogP contribution in [0.3, 0.4) is 0 Å². The molecule has 1 saturated carbocycles. The smallest absolute Gasteiger partial charge is 0.350 e. The number of anilines is 2. The molecule has 1 heterocycles. The molecule has 0 amide bonds. The Kier molecular flexibility index (Phi) is 3.33. The fourth-order valence-electron chi connectivity index (χ4n) is 2.00. The van der Waals surface area contributed by atoms with E-state index in [1.54, 1.807) is 0 Å². The molecule has 5 heteroatoms. The van der Waals surface area contributed by atoms with Crippen LogP contribution in [-0.4, -0.2) is 19.1 Å². The number of ether oxygens (including phenoxy) is 1. The van der Waals surface area contributed by atoms with Gasteiger partial charge in [0.2, 0.25) is 0 Å². The Labute approximate surface area is 98.8 Å². The lowest BCUT2D eigenvalue weighted by Crippen LogP contribution is -2.13. The Morgan fingerprint density at radius 1 is 1.56 bits per heavy atom. The number of carbonyl (C=O) groups excluding carboxylic acids is 1. The second-order valence-electron chi connectivity index (χ2n) is 4.01. The van der Waals surface area contributed by atoms with Crippen molar-refractivity contribution in [2.45, 2.75) is 31.7 Å². The molecule has 0 bridgehead atoms. The lowest BCUT2D eigenvalue weighted by molar-refractivity contribution is 0.0607. The second kappa shape index (κ2) is 4.74. The van der Waals surface area contributed by atoms with E-state index in [0.717, 1.165) is 5.00 Å². The van der Waals surface area contributed by atoms with Crippen molar-refractivity contribution in [3.05, 3.63) is 10.9 Å². The molecule has 3 N–H and O–H groups in total. The number of nitrogen functional groups attached to an aromatic ring is 1. The number of nitrogens with one attached hydrogen (secondary N) is 1. The van der Waals surface area contributed by atoms with Crippen molar-refractivity contribution >= 4 is 28.0 Å². The van der Waals surface area contributed by atoms with Gasteiger partial charge in [-0.2, -0.15) is 0 Å². The highest BCUT2D eigenvalue weighted by molar-refractivity contribution is 7.18. The number of esters is 1. The van der Waals surface area contributed by atoms with E-state index in [0.29, 0.717) is 16.6 Å². The van der Waals surface area contributed by atoms with Gasteiger partial charge in [0.15, 0.2) is 0 Å². The molecule has 0 aliphatic heterocycles. The Balaban J connectivity index is 2.07. The molecule has 16 heavy (non-hydrogen) atoms. The highest BCUT2D eigenvalue weighted by atomic mass is 32.1. The van der Waals surface area contributed by atoms with Crippen LogP contribution in [0.2, 0.25) is 0 Å². The maximum atomic E-state index is 11.4. The van der Waals surface area contributed by atoms with Crippen LogP contribution in [0.25, 0.3) is 0 Å². The number of methoxy groups -OCH3 is 1. The normalized spacial score (nSPS) is 16.3. The zero-order valence-electron chi connectivity index (χ0n) is 9.29. The van der Waals surface area contributed by atoms with Gasteiger partial charge in [0, 0.05) is 6.04 Å². The summed E-state index contributed by atoms with van der Waals surface area (Å²) in [6.07, 6.45) is 4.96. The molecule has 1 aromatic heterocycles. The van der Waals surface area contributed by atoms with E-state index in [-0.39, 0.29) is 5.97 Å². The SMILES string of the molecule is COC(=O)c1sc(NC2CCCC2)cc1N. The van der Waals surface area contributed by atoms with Gasteiger partial charge < -0.3 is 15.8 Å². The minimum Gasteiger partial charge on any atom is -0.465 e. The van der Waals surface area contributed by atoms with E-state index in [4.69, 9.17) is 5.73 Å². The molecule has 0 unspecified atom stereocenters. The average molecular weight is 240 g/mol. The fourth-order valence-corrected chi connectivity index (χ4v) is 2.97. The Morgan fingerprint density at radius 3 is 2.88 bits per heavy atom. The summed E-state index contributed by atoms with van der Waals surface area (Å²) in [4.78, 5) is 11.9. The van der Waals surface area contributed by atoms with Gasteiger partial charge in [0.1, 0.15) is 4.88 Å². The van der Waals surface area contributed by atoms with Gasteiger partial charge in [-0.1, -0.05) is 12.8 Å². The molecule has 0 atom stereocenters. The maximum Gasteiger partial charge on any atom is 0.350 e. The Bertz CT molecular complexity index is 383. The summed E-state index contributed by atoms with van der Waals surface area (Å²) < 4.78 is 4.66. The van der Waals surface area contributed by atoms with E-state index in [1.807, 2.05) is 6.07 Å².